The maximum absolute atomic E-state index is 12.6. The van der Waals surface area contributed by atoms with Gasteiger partial charge in [0.2, 0.25) is 5.91 Å². The van der Waals surface area contributed by atoms with Crippen LogP contribution < -0.4 is 4.90 Å². The van der Waals surface area contributed by atoms with Crippen LogP contribution in [0.4, 0.5) is 5.69 Å². The number of pyridine rings is 1. The van der Waals surface area contributed by atoms with Crippen LogP contribution in [-0.4, -0.2) is 38.1 Å². The van der Waals surface area contributed by atoms with Crippen LogP contribution in [0.25, 0.3) is 22.7 Å². The van der Waals surface area contributed by atoms with E-state index in [1.165, 1.54) is 36.9 Å². The predicted octanol–water partition coefficient (Wildman–Crippen LogP) is 3.63. The Morgan fingerprint density at radius 2 is 2.24 bits per heavy atom. The number of hydrogen-bond acceptors (Lipinski definition) is 4. The number of nitrogens with zero attached hydrogens (tertiary/aromatic N) is 4. The van der Waals surface area contributed by atoms with Crippen LogP contribution in [0.5, 0.6) is 0 Å². The van der Waals surface area contributed by atoms with E-state index in [1.54, 1.807) is 11.1 Å². The summed E-state index contributed by atoms with van der Waals surface area (Å²) in [5, 5.41) is 7.81. The number of carbonyl (C=O) groups is 1. The third-order valence-electron chi connectivity index (χ3n) is 7.52. The number of aromatic nitrogens is 5. The van der Waals surface area contributed by atoms with Crippen molar-refractivity contribution >= 4 is 22.8 Å². The zero-order valence-corrected chi connectivity index (χ0v) is 17.0. The fraction of sp³-hybridized carbons (Fsp3) is 0.545. The molecule has 3 aromatic rings. The second-order valence-corrected chi connectivity index (χ2v) is 9.57. The molecule has 0 radical (unpaired) electrons. The lowest BCUT2D eigenvalue weighted by Gasteiger charge is -2.27. The van der Waals surface area contributed by atoms with Crippen molar-refractivity contribution in [2.45, 2.75) is 51.9 Å². The molecule has 0 spiro atoms. The van der Waals surface area contributed by atoms with Gasteiger partial charge < -0.3 is 9.88 Å². The van der Waals surface area contributed by atoms with E-state index in [0.29, 0.717) is 23.4 Å². The summed E-state index contributed by atoms with van der Waals surface area (Å²) in [6.45, 7) is 2.37. The molecule has 0 aliphatic heterocycles. The van der Waals surface area contributed by atoms with Gasteiger partial charge in [-0.2, -0.15) is 5.10 Å². The Hall–Kier alpha value is -2.70. The summed E-state index contributed by atoms with van der Waals surface area (Å²) in [5.74, 6) is 2.25. The molecule has 0 aromatic carbocycles. The number of aromatic amines is 2. The molecule has 29 heavy (non-hydrogen) atoms. The monoisotopic (exact) mass is 390 g/mol. The molecular formula is C22H26N6O. The van der Waals surface area contributed by atoms with Crippen LogP contribution in [0.3, 0.4) is 0 Å². The normalized spacial score (nSPS) is 25.4. The van der Waals surface area contributed by atoms with Gasteiger partial charge in [-0.3, -0.25) is 9.89 Å². The summed E-state index contributed by atoms with van der Waals surface area (Å²) in [6.07, 6.45) is 9.43. The van der Waals surface area contributed by atoms with Crippen molar-refractivity contribution in [1.82, 2.24) is 25.1 Å². The minimum absolute atomic E-state index is 0.157. The van der Waals surface area contributed by atoms with Crippen LogP contribution in [0.2, 0.25) is 0 Å². The summed E-state index contributed by atoms with van der Waals surface area (Å²) < 4.78 is 0. The summed E-state index contributed by atoms with van der Waals surface area (Å²) >= 11 is 0. The lowest BCUT2D eigenvalue weighted by atomic mass is 9.83. The van der Waals surface area contributed by atoms with E-state index < -0.39 is 0 Å². The second kappa shape index (κ2) is 5.90. The molecule has 2 saturated carbocycles. The van der Waals surface area contributed by atoms with E-state index in [9.17, 15) is 4.79 Å². The lowest BCUT2D eigenvalue weighted by Crippen LogP contribution is -2.29. The minimum Gasteiger partial charge on any atom is -0.335 e. The van der Waals surface area contributed by atoms with E-state index in [4.69, 9.17) is 0 Å². The molecule has 3 heterocycles. The van der Waals surface area contributed by atoms with E-state index >= 15 is 0 Å². The Morgan fingerprint density at radius 3 is 3.03 bits per heavy atom. The van der Waals surface area contributed by atoms with Gasteiger partial charge in [0.25, 0.3) is 0 Å². The standard InChI is InChI=1S/C22H26N6O/c1-22-9-13(22)7-15-17(10-22)26-27-19(15)21-24-16-8-14(11-23-20(16)25-21)28(2)18(29)6-12-4-3-5-12/h8,11-13H,3-7,9-10H2,1-2H3,(H,26,27)(H,23,24,25)/t13-,22-/m1/s1. The van der Waals surface area contributed by atoms with Crippen molar-refractivity contribution < 1.29 is 4.79 Å². The van der Waals surface area contributed by atoms with Gasteiger partial charge in [0.15, 0.2) is 11.5 Å². The molecule has 6 rings (SSSR count). The van der Waals surface area contributed by atoms with E-state index in [-0.39, 0.29) is 5.91 Å². The van der Waals surface area contributed by atoms with Gasteiger partial charge in [0.05, 0.1) is 17.4 Å². The van der Waals surface area contributed by atoms with Crippen LogP contribution in [0.1, 0.15) is 50.3 Å². The summed E-state index contributed by atoms with van der Waals surface area (Å²) in [4.78, 5) is 26.8. The summed E-state index contributed by atoms with van der Waals surface area (Å²) in [6, 6.07) is 1.97. The van der Waals surface area contributed by atoms with Gasteiger partial charge in [-0.1, -0.05) is 13.3 Å². The first-order valence-electron chi connectivity index (χ1n) is 10.7. The zero-order valence-electron chi connectivity index (χ0n) is 17.0. The van der Waals surface area contributed by atoms with Gasteiger partial charge in [-0.15, -0.1) is 0 Å². The molecule has 150 valence electrons. The van der Waals surface area contributed by atoms with Crippen LogP contribution in [0.15, 0.2) is 12.3 Å². The largest absolute Gasteiger partial charge is 0.335 e. The van der Waals surface area contributed by atoms with Crippen molar-refractivity contribution in [1.29, 1.82) is 0 Å². The van der Waals surface area contributed by atoms with Gasteiger partial charge in [0, 0.05) is 24.7 Å². The number of anilines is 1. The first-order valence-corrected chi connectivity index (χ1v) is 10.7. The molecule has 0 saturated heterocycles. The number of amides is 1. The van der Waals surface area contributed by atoms with Gasteiger partial charge in [-0.05, 0) is 55.4 Å². The highest BCUT2D eigenvalue weighted by molar-refractivity contribution is 5.94. The van der Waals surface area contributed by atoms with Gasteiger partial charge in [-0.25, -0.2) is 9.97 Å². The van der Waals surface area contributed by atoms with E-state index in [2.05, 4.69) is 32.1 Å². The molecule has 3 aliphatic rings. The maximum atomic E-state index is 12.6. The lowest BCUT2D eigenvalue weighted by molar-refractivity contribution is -0.119. The molecule has 2 atom stereocenters. The first-order chi connectivity index (χ1) is 14.0. The SMILES string of the molecule is CN(C(=O)CC1CCC1)c1cnc2nc(-c3n[nH]c4c3C[C@@H]3C[C@]3(C)C4)[nH]c2c1. The molecule has 2 N–H and O–H groups in total. The number of fused-ring (bicyclic) bond motifs is 3. The van der Waals surface area contributed by atoms with Crippen LogP contribution in [-0.2, 0) is 17.6 Å². The Bertz CT molecular complexity index is 1130. The Labute approximate surface area is 169 Å². The smallest absolute Gasteiger partial charge is 0.227 e. The van der Waals surface area contributed by atoms with E-state index in [0.717, 1.165) is 41.5 Å². The fourth-order valence-corrected chi connectivity index (χ4v) is 5.06. The number of imidazole rings is 1. The second-order valence-electron chi connectivity index (χ2n) is 9.57. The number of H-pyrrole nitrogens is 2. The fourth-order valence-electron chi connectivity index (χ4n) is 5.06. The highest BCUT2D eigenvalue weighted by atomic mass is 16.2. The van der Waals surface area contributed by atoms with E-state index in [1.807, 2.05) is 13.1 Å². The Morgan fingerprint density at radius 1 is 1.38 bits per heavy atom. The number of hydrogen-bond donors (Lipinski definition) is 2. The van der Waals surface area contributed by atoms with Crippen molar-refractivity contribution in [3.05, 3.63) is 23.5 Å². The summed E-state index contributed by atoms with van der Waals surface area (Å²) in [5.41, 5.74) is 6.25. The molecule has 3 aliphatic carbocycles. The quantitative estimate of drug-likeness (QED) is 0.712. The highest BCUT2D eigenvalue weighted by Gasteiger charge is 2.53. The topological polar surface area (TPSA) is 90.6 Å². The molecule has 2 fully saturated rings. The molecule has 7 nitrogen and oxygen atoms in total. The maximum Gasteiger partial charge on any atom is 0.227 e. The molecule has 0 unspecified atom stereocenters. The van der Waals surface area contributed by atoms with Crippen molar-refractivity contribution in [2.75, 3.05) is 11.9 Å². The third kappa shape index (κ3) is 2.70. The van der Waals surface area contributed by atoms with Crippen LogP contribution >= 0.6 is 0 Å². The zero-order chi connectivity index (χ0) is 19.8. The van der Waals surface area contributed by atoms with Crippen molar-refractivity contribution in [3.8, 4) is 11.5 Å². The van der Waals surface area contributed by atoms with Gasteiger partial charge in [0.1, 0.15) is 5.69 Å². The molecular weight excluding hydrogens is 364 g/mol. The number of rotatable bonds is 4. The molecule has 1 amide bonds. The predicted molar refractivity (Wildman–Crippen MR) is 110 cm³/mol. The average Bonchev–Trinajstić information content (AvgIpc) is 3.00. The average molecular weight is 390 g/mol. The molecule has 7 heteroatoms. The first kappa shape index (κ1) is 17.2. The minimum atomic E-state index is 0.157. The highest BCUT2D eigenvalue weighted by Crippen LogP contribution is 2.59. The summed E-state index contributed by atoms with van der Waals surface area (Å²) in [7, 11) is 1.83. The number of nitrogens with one attached hydrogen (secondary N) is 2. The Kier molecular flexibility index (Phi) is 3.50. The number of carbonyl (C=O) groups excluding carboxylic acids is 1. The molecule has 0 bridgehead atoms. The van der Waals surface area contributed by atoms with Crippen molar-refractivity contribution in [3.63, 3.8) is 0 Å². The Balaban J connectivity index is 1.29. The molecule has 3 aromatic heterocycles. The van der Waals surface area contributed by atoms with Crippen LogP contribution in [0, 0.1) is 17.3 Å². The van der Waals surface area contributed by atoms with Gasteiger partial charge >= 0.3 is 0 Å². The third-order valence-corrected chi connectivity index (χ3v) is 7.52. The van der Waals surface area contributed by atoms with Crippen molar-refractivity contribution in [2.24, 2.45) is 17.3 Å².